The number of carboxylic acids is 1. The first-order valence-electron chi connectivity index (χ1n) is 7.66. The first-order chi connectivity index (χ1) is 10.0. The third-order valence-corrected chi connectivity index (χ3v) is 3.66. The Morgan fingerprint density at radius 2 is 1.82 bits per heavy atom. The number of hydrogen-bond donors (Lipinski definition) is 2. The lowest BCUT2D eigenvalue weighted by Gasteiger charge is -2.41. The molecule has 0 radical (unpaired) electrons. The molecule has 0 aromatic heterocycles. The molecule has 1 aliphatic heterocycles. The summed E-state index contributed by atoms with van der Waals surface area (Å²) in [7, 11) is 0. The average molecular weight is 316 g/mol. The number of likely N-dealkylation sites (tertiary alicyclic amines) is 1. The van der Waals surface area contributed by atoms with Crippen molar-refractivity contribution in [2.24, 2.45) is 0 Å². The van der Waals surface area contributed by atoms with E-state index in [-0.39, 0.29) is 6.42 Å². The minimum Gasteiger partial charge on any atom is -0.481 e. The number of amides is 1. The van der Waals surface area contributed by atoms with E-state index in [0.29, 0.717) is 18.9 Å². The SMILES string of the molecule is CC(C)N1CCC(CC(=O)O)(ONC(=O)OC(C)(C)C)CC1. The van der Waals surface area contributed by atoms with Gasteiger partial charge in [0, 0.05) is 19.1 Å². The number of hydrogen-bond acceptors (Lipinski definition) is 5. The summed E-state index contributed by atoms with van der Waals surface area (Å²) in [6.45, 7) is 10.9. The first kappa shape index (κ1) is 18.7. The van der Waals surface area contributed by atoms with E-state index in [9.17, 15) is 9.59 Å². The molecule has 0 spiro atoms. The highest BCUT2D eigenvalue weighted by molar-refractivity contribution is 5.68. The lowest BCUT2D eigenvalue weighted by molar-refractivity contribution is -0.162. The predicted octanol–water partition coefficient (Wildman–Crippen LogP) is 2.16. The molecule has 7 nitrogen and oxygen atoms in total. The van der Waals surface area contributed by atoms with Crippen LogP contribution in [-0.2, 0) is 14.4 Å². The van der Waals surface area contributed by atoms with Gasteiger partial charge in [0.25, 0.3) is 0 Å². The van der Waals surface area contributed by atoms with Crippen LogP contribution in [0.4, 0.5) is 4.79 Å². The van der Waals surface area contributed by atoms with Crippen molar-refractivity contribution in [1.82, 2.24) is 10.4 Å². The van der Waals surface area contributed by atoms with Crippen molar-refractivity contribution in [1.29, 1.82) is 0 Å². The molecule has 2 N–H and O–H groups in total. The molecule has 0 aromatic carbocycles. The van der Waals surface area contributed by atoms with Gasteiger partial charge in [0.1, 0.15) is 11.2 Å². The third-order valence-electron chi connectivity index (χ3n) is 3.66. The molecule has 0 unspecified atom stereocenters. The molecule has 128 valence electrons. The van der Waals surface area contributed by atoms with Crippen LogP contribution in [0.3, 0.4) is 0 Å². The summed E-state index contributed by atoms with van der Waals surface area (Å²) in [5, 5.41) is 9.12. The molecule has 1 rings (SSSR count). The number of nitrogens with one attached hydrogen (secondary N) is 1. The number of aliphatic carboxylic acids is 1. The van der Waals surface area contributed by atoms with Crippen LogP contribution in [0.1, 0.15) is 53.9 Å². The van der Waals surface area contributed by atoms with Crippen LogP contribution in [0, 0.1) is 0 Å². The van der Waals surface area contributed by atoms with Gasteiger partial charge in [-0.15, -0.1) is 0 Å². The van der Waals surface area contributed by atoms with E-state index < -0.39 is 23.3 Å². The van der Waals surface area contributed by atoms with Gasteiger partial charge in [-0.1, -0.05) is 0 Å². The van der Waals surface area contributed by atoms with Gasteiger partial charge < -0.3 is 14.7 Å². The average Bonchev–Trinajstić information content (AvgIpc) is 2.34. The molecule has 1 saturated heterocycles. The Bertz CT molecular complexity index is 395. The van der Waals surface area contributed by atoms with Crippen LogP contribution >= 0.6 is 0 Å². The van der Waals surface area contributed by atoms with Crippen LogP contribution in [0.5, 0.6) is 0 Å². The second-order valence-electron chi connectivity index (χ2n) is 7.09. The Balaban J connectivity index is 2.62. The van der Waals surface area contributed by atoms with Crippen molar-refractivity contribution in [3.05, 3.63) is 0 Å². The van der Waals surface area contributed by atoms with Gasteiger partial charge in [0.15, 0.2) is 0 Å². The van der Waals surface area contributed by atoms with Crippen molar-refractivity contribution in [2.45, 2.75) is 71.1 Å². The molecule has 1 amide bonds. The number of carbonyl (C=O) groups excluding carboxylic acids is 1. The Hall–Kier alpha value is -1.34. The van der Waals surface area contributed by atoms with Gasteiger partial charge in [-0.3, -0.25) is 9.63 Å². The van der Waals surface area contributed by atoms with E-state index in [2.05, 4.69) is 24.2 Å². The highest BCUT2D eigenvalue weighted by Crippen LogP contribution is 2.30. The van der Waals surface area contributed by atoms with Gasteiger partial charge in [-0.2, -0.15) is 5.48 Å². The summed E-state index contributed by atoms with van der Waals surface area (Å²) in [4.78, 5) is 30.6. The van der Waals surface area contributed by atoms with Crippen molar-refractivity contribution < 1.29 is 24.3 Å². The Kier molecular flexibility index (Phi) is 6.19. The van der Waals surface area contributed by atoms with Gasteiger partial charge >= 0.3 is 12.1 Å². The molecule has 0 bridgehead atoms. The topological polar surface area (TPSA) is 88.1 Å². The molecular formula is C15H28N2O5. The monoisotopic (exact) mass is 316 g/mol. The minimum atomic E-state index is -0.941. The molecule has 1 heterocycles. The maximum absolute atomic E-state index is 11.7. The fraction of sp³-hybridized carbons (Fsp3) is 0.867. The number of carboxylic acid groups (broad SMARTS) is 1. The summed E-state index contributed by atoms with van der Waals surface area (Å²) < 4.78 is 5.11. The van der Waals surface area contributed by atoms with Crippen LogP contribution in [0.25, 0.3) is 0 Å². The molecule has 0 atom stereocenters. The van der Waals surface area contributed by atoms with Crippen LogP contribution in [0.15, 0.2) is 0 Å². The molecule has 22 heavy (non-hydrogen) atoms. The quantitative estimate of drug-likeness (QED) is 0.756. The van der Waals surface area contributed by atoms with E-state index in [1.165, 1.54) is 0 Å². The number of nitrogens with zero attached hydrogens (tertiary/aromatic N) is 1. The third kappa shape index (κ3) is 6.19. The normalized spacial score (nSPS) is 19.0. The zero-order valence-corrected chi connectivity index (χ0v) is 14.1. The van der Waals surface area contributed by atoms with Crippen LogP contribution in [0.2, 0.25) is 0 Å². The summed E-state index contributed by atoms with van der Waals surface area (Å²) in [5.74, 6) is -0.941. The highest BCUT2D eigenvalue weighted by Gasteiger charge is 2.39. The molecule has 0 aromatic rings. The minimum absolute atomic E-state index is 0.144. The van der Waals surface area contributed by atoms with E-state index in [4.69, 9.17) is 14.7 Å². The Morgan fingerprint density at radius 1 is 1.27 bits per heavy atom. The number of hydroxylamine groups is 1. The molecule has 7 heteroatoms. The molecule has 0 saturated carbocycles. The maximum atomic E-state index is 11.7. The maximum Gasteiger partial charge on any atom is 0.431 e. The van der Waals surface area contributed by atoms with E-state index in [0.717, 1.165) is 13.1 Å². The number of rotatable bonds is 5. The summed E-state index contributed by atoms with van der Waals surface area (Å²) in [6, 6.07) is 0.404. The summed E-state index contributed by atoms with van der Waals surface area (Å²) in [6.07, 6.45) is 0.249. The van der Waals surface area contributed by atoms with Crippen LogP contribution in [-0.4, -0.2) is 52.4 Å². The van der Waals surface area contributed by atoms with Crippen molar-refractivity contribution in [3.63, 3.8) is 0 Å². The lowest BCUT2D eigenvalue weighted by Crippen LogP contribution is -2.52. The zero-order chi connectivity index (χ0) is 17.0. The Morgan fingerprint density at radius 3 is 2.23 bits per heavy atom. The second-order valence-corrected chi connectivity index (χ2v) is 7.09. The van der Waals surface area contributed by atoms with E-state index in [1.54, 1.807) is 20.8 Å². The van der Waals surface area contributed by atoms with E-state index >= 15 is 0 Å². The fourth-order valence-corrected chi connectivity index (χ4v) is 2.49. The van der Waals surface area contributed by atoms with Crippen LogP contribution < -0.4 is 5.48 Å². The van der Waals surface area contributed by atoms with Crippen molar-refractivity contribution in [3.8, 4) is 0 Å². The molecular weight excluding hydrogens is 288 g/mol. The summed E-state index contributed by atoms with van der Waals surface area (Å²) >= 11 is 0. The first-order valence-corrected chi connectivity index (χ1v) is 7.66. The standard InChI is InChI=1S/C15H28N2O5/c1-11(2)17-8-6-15(7-9-17,10-12(18)19)22-16-13(20)21-14(3,4)5/h11H,6-10H2,1-5H3,(H,16,20)(H,18,19). The van der Waals surface area contributed by atoms with Gasteiger partial charge in [0.2, 0.25) is 0 Å². The summed E-state index contributed by atoms with van der Waals surface area (Å²) in [5.41, 5.74) is 0.745. The van der Waals surface area contributed by atoms with Crippen molar-refractivity contribution in [2.75, 3.05) is 13.1 Å². The largest absolute Gasteiger partial charge is 0.481 e. The Labute approximate surface area is 131 Å². The van der Waals surface area contributed by atoms with E-state index in [1.807, 2.05) is 0 Å². The molecule has 1 fully saturated rings. The molecule has 1 aliphatic rings. The van der Waals surface area contributed by atoms with Gasteiger partial charge in [-0.25, -0.2) is 4.79 Å². The fourth-order valence-electron chi connectivity index (χ4n) is 2.49. The smallest absolute Gasteiger partial charge is 0.431 e. The second kappa shape index (κ2) is 7.28. The molecule has 0 aliphatic carbocycles. The zero-order valence-electron chi connectivity index (χ0n) is 14.1. The van der Waals surface area contributed by atoms with Crippen molar-refractivity contribution >= 4 is 12.1 Å². The van der Waals surface area contributed by atoms with Gasteiger partial charge in [-0.05, 0) is 47.5 Å². The number of ether oxygens (including phenoxy) is 1. The lowest BCUT2D eigenvalue weighted by atomic mass is 9.87. The van der Waals surface area contributed by atoms with Gasteiger partial charge in [0.05, 0.1) is 6.42 Å². The highest BCUT2D eigenvalue weighted by atomic mass is 16.7. The predicted molar refractivity (Wildman–Crippen MR) is 81.4 cm³/mol. The number of piperidine rings is 1. The number of carbonyl (C=O) groups is 2.